The van der Waals surface area contributed by atoms with Crippen LogP contribution in [0.25, 0.3) is 0 Å². The van der Waals surface area contributed by atoms with Crippen molar-refractivity contribution in [2.45, 2.75) is 63.9 Å². The molecular formula is C16H27NO. The smallest absolute Gasteiger partial charge is 0.0723 e. The number of hydrogen-bond acceptors (Lipinski definition) is 2. The van der Waals surface area contributed by atoms with Crippen molar-refractivity contribution in [1.29, 1.82) is 0 Å². The first kappa shape index (κ1) is 11.7. The largest absolute Gasteiger partial charge is 0.391 e. The van der Waals surface area contributed by atoms with E-state index in [9.17, 15) is 5.11 Å². The molecule has 0 amide bonds. The van der Waals surface area contributed by atoms with Crippen molar-refractivity contribution in [3.05, 3.63) is 0 Å². The van der Waals surface area contributed by atoms with E-state index < -0.39 is 0 Å². The van der Waals surface area contributed by atoms with Crippen LogP contribution in [-0.4, -0.2) is 17.8 Å². The highest BCUT2D eigenvalue weighted by Gasteiger charge is 2.63. The second-order valence-electron chi connectivity index (χ2n) is 7.96. The Hall–Kier alpha value is -0.0800. The highest BCUT2D eigenvalue weighted by molar-refractivity contribution is 5.13. The Balaban J connectivity index is 1.70. The van der Waals surface area contributed by atoms with Gasteiger partial charge in [0.15, 0.2) is 0 Å². The molecule has 3 N–H and O–H groups in total. The number of rotatable bonds is 3. The van der Waals surface area contributed by atoms with Crippen molar-refractivity contribution < 1.29 is 5.11 Å². The molecule has 1 unspecified atom stereocenters. The zero-order chi connectivity index (χ0) is 12.4. The average Bonchev–Trinajstić information content (AvgIpc) is 2.24. The fourth-order valence-electron chi connectivity index (χ4n) is 6.72. The van der Waals surface area contributed by atoms with E-state index >= 15 is 0 Å². The maximum absolute atomic E-state index is 10.6. The van der Waals surface area contributed by atoms with E-state index in [2.05, 4.69) is 0 Å². The van der Waals surface area contributed by atoms with Crippen LogP contribution in [0.5, 0.6) is 0 Å². The van der Waals surface area contributed by atoms with Gasteiger partial charge < -0.3 is 10.8 Å². The van der Waals surface area contributed by atoms with Gasteiger partial charge in [0.2, 0.25) is 0 Å². The molecule has 18 heavy (non-hydrogen) atoms. The molecular weight excluding hydrogens is 222 g/mol. The first-order valence-electron chi connectivity index (χ1n) is 8.06. The third kappa shape index (κ3) is 1.31. The first-order valence-corrected chi connectivity index (χ1v) is 8.06. The van der Waals surface area contributed by atoms with Crippen molar-refractivity contribution in [2.24, 2.45) is 34.3 Å². The fraction of sp³-hybridized carbons (Fsp3) is 1.00. The van der Waals surface area contributed by atoms with Crippen molar-refractivity contribution in [2.75, 3.05) is 6.54 Å². The first-order chi connectivity index (χ1) is 8.67. The van der Waals surface area contributed by atoms with E-state index in [0.29, 0.717) is 12.0 Å². The summed E-state index contributed by atoms with van der Waals surface area (Å²) in [5.41, 5.74) is 6.54. The summed E-state index contributed by atoms with van der Waals surface area (Å²) in [6, 6.07) is 0. The lowest BCUT2D eigenvalue weighted by molar-refractivity contribution is -0.203. The highest BCUT2D eigenvalue weighted by atomic mass is 16.3. The maximum Gasteiger partial charge on any atom is 0.0723 e. The Morgan fingerprint density at radius 3 is 1.83 bits per heavy atom. The molecule has 4 bridgehead atoms. The highest BCUT2D eigenvalue weighted by Crippen LogP contribution is 2.71. The predicted octanol–water partition coefficient (Wildman–Crippen LogP) is 2.69. The van der Waals surface area contributed by atoms with Gasteiger partial charge in [-0.3, -0.25) is 0 Å². The van der Waals surface area contributed by atoms with E-state index in [4.69, 9.17) is 5.73 Å². The standard InChI is InChI=1S/C16H27NO/c17-10-14(18)16(2-1-3-16)15-7-11-4-12(8-15)6-13(5-11)9-15/h11-14,18H,1-10,17H2. The molecule has 5 aliphatic rings. The van der Waals surface area contributed by atoms with Crippen molar-refractivity contribution in [3.8, 4) is 0 Å². The number of aliphatic hydroxyl groups is 1. The molecule has 2 heteroatoms. The molecule has 5 saturated carbocycles. The second kappa shape index (κ2) is 3.73. The summed E-state index contributed by atoms with van der Waals surface area (Å²) in [5.74, 6) is 2.95. The molecule has 0 aromatic heterocycles. The Labute approximate surface area is 110 Å². The lowest BCUT2D eigenvalue weighted by atomic mass is 9.38. The van der Waals surface area contributed by atoms with Crippen LogP contribution in [0, 0.1) is 28.6 Å². The van der Waals surface area contributed by atoms with Gasteiger partial charge in [-0.15, -0.1) is 0 Å². The minimum Gasteiger partial charge on any atom is -0.391 e. The normalized spacial score (nSPS) is 50.0. The lowest BCUT2D eigenvalue weighted by Gasteiger charge is -2.68. The van der Waals surface area contributed by atoms with E-state index in [1.807, 2.05) is 0 Å². The lowest BCUT2D eigenvalue weighted by Crippen LogP contribution is -2.62. The van der Waals surface area contributed by atoms with E-state index in [-0.39, 0.29) is 11.5 Å². The van der Waals surface area contributed by atoms with Gasteiger partial charge in [0, 0.05) is 12.0 Å². The van der Waals surface area contributed by atoms with Crippen LogP contribution in [0.4, 0.5) is 0 Å². The van der Waals surface area contributed by atoms with Gasteiger partial charge in [-0.05, 0) is 74.5 Å². The van der Waals surface area contributed by atoms with Gasteiger partial charge in [0.1, 0.15) is 0 Å². The molecule has 2 nitrogen and oxygen atoms in total. The summed E-state index contributed by atoms with van der Waals surface area (Å²) in [4.78, 5) is 0. The van der Waals surface area contributed by atoms with Gasteiger partial charge in [-0.1, -0.05) is 6.42 Å². The Morgan fingerprint density at radius 1 is 1.00 bits per heavy atom. The third-order valence-electron chi connectivity index (χ3n) is 7.20. The third-order valence-corrected chi connectivity index (χ3v) is 7.20. The second-order valence-corrected chi connectivity index (χ2v) is 7.96. The van der Waals surface area contributed by atoms with Gasteiger partial charge in [-0.2, -0.15) is 0 Å². The summed E-state index contributed by atoms with van der Waals surface area (Å²) in [6.07, 6.45) is 12.3. The molecule has 0 radical (unpaired) electrons. The van der Waals surface area contributed by atoms with Crippen LogP contribution in [0.1, 0.15) is 57.8 Å². The molecule has 0 heterocycles. The molecule has 0 aromatic rings. The maximum atomic E-state index is 10.6. The summed E-state index contributed by atoms with van der Waals surface area (Å²) in [6.45, 7) is 0.474. The summed E-state index contributed by atoms with van der Waals surface area (Å²) < 4.78 is 0. The molecule has 5 rings (SSSR count). The van der Waals surface area contributed by atoms with Crippen LogP contribution >= 0.6 is 0 Å². The fourth-order valence-corrected chi connectivity index (χ4v) is 6.72. The molecule has 5 fully saturated rings. The van der Waals surface area contributed by atoms with E-state index in [1.54, 1.807) is 0 Å². The van der Waals surface area contributed by atoms with Crippen molar-refractivity contribution in [1.82, 2.24) is 0 Å². The van der Waals surface area contributed by atoms with Gasteiger partial charge >= 0.3 is 0 Å². The monoisotopic (exact) mass is 249 g/mol. The molecule has 1 atom stereocenters. The molecule has 5 aliphatic carbocycles. The zero-order valence-electron chi connectivity index (χ0n) is 11.4. The number of aliphatic hydroxyl groups excluding tert-OH is 1. The minimum absolute atomic E-state index is 0.220. The number of hydrogen-bond donors (Lipinski definition) is 2. The van der Waals surface area contributed by atoms with Gasteiger partial charge in [0.25, 0.3) is 0 Å². The predicted molar refractivity (Wildman–Crippen MR) is 72.0 cm³/mol. The van der Waals surface area contributed by atoms with Gasteiger partial charge in [-0.25, -0.2) is 0 Å². The van der Waals surface area contributed by atoms with Crippen LogP contribution in [0.2, 0.25) is 0 Å². The molecule has 0 saturated heterocycles. The van der Waals surface area contributed by atoms with Crippen LogP contribution in [0.3, 0.4) is 0 Å². The molecule has 0 aromatic carbocycles. The molecule has 102 valence electrons. The van der Waals surface area contributed by atoms with Crippen LogP contribution in [0.15, 0.2) is 0 Å². The Morgan fingerprint density at radius 2 is 1.50 bits per heavy atom. The molecule has 0 spiro atoms. The van der Waals surface area contributed by atoms with E-state index in [0.717, 1.165) is 17.8 Å². The van der Waals surface area contributed by atoms with Crippen molar-refractivity contribution >= 4 is 0 Å². The zero-order valence-corrected chi connectivity index (χ0v) is 11.4. The van der Waals surface area contributed by atoms with Gasteiger partial charge in [0.05, 0.1) is 6.10 Å². The topological polar surface area (TPSA) is 46.2 Å². The Bertz CT molecular complexity index is 312. The quantitative estimate of drug-likeness (QED) is 0.808. The van der Waals surface area contributed by atoms with Crippen LogP contribution < -0.4 is 5.73 Å². The van der Waals surface area contributed by atoms with Crippen molar-refractivity contribution in [3.63, 3.8) is 0 Å². The van der Waals surface area contributed by atoms with Crippen LogP contribution in [-0.2, 0) is 0 Å². The summed E-state index contributed by atoms with van der Waals surface area (Å²) >= 11 is 0. The minimum atomic E-state index is -0.234. The summed E-state index contributed by atoms with van der Waals surface area (Å²) in [5, 5.41) is 10.6. The Kier molecular flexibility index (Phi) is 2.43. The van der Waals surface area contributed by atoms with E-state index in [1.165, 1.54) is 57.8 Å². The SMILES string of the molecule is NCC(O)C1(C23CC4CC(CC(C4)C2)C3)CCC1. The number of nitrogens with two attached hydrogens (primary N) is 1. The summed E-state index contributed by atoms with van der Waals surface area (Å²) in [7, 11) is 0. The molecule has 0 aliphatic heterocycles. The average molecular weight is 249 g/mol.